The van der Waals surface area contributed by atoms with E-state index >= 15 is 0 Å². The lowest BCUT2D eigenvalue weighted by Crippen LogP contribution is -2.19. The van der Waals surface area contributed by atoms with Crippen LogP contribution < -0.4 is 10.2 Å². The van der Waals surface area contributed by atoms with Crippen molar-refractivity contribution in [1.82, 2.24) is 5.43 Å². The molecule has 0 saturated carbocycles. The van der Waals surface area contributed by atoms with Gasteiger partial charge in [-0.1, -0.05) is 30.3 Å². The Kier molecular flexibility index (Phi) is 4.19. The topological polar surface area (TPSA) is 50.7 Å². The highest BCUT2D eigenvalue weighted by atomic mass is 16.5. The van der Waals surface area contributed by atoms with E-state index in [-0.39, 0.29) is 12.0 Å². The third-order valence-corrected chi connectivity index (χ3v) is 3.53. The molecular formula is C18H18N2O2. The van der Waals surface area contributed by atoms with Gasteiger partial charge in [0.25, 0.3) is 0 Å². The first-order valence-corrected chi connectivity index (χ1v) is 7.36. The molecule has 1 aliphatic rings. The molecular weight excluding hydrogens is 276 g/mol. The smallest absolute Gasteiger partial charge is 0.244 e. The van der Waals surface area contributed by atoms with E-state index < -0.39 is 0 Å². The summed E-state index contributed by atoms with van der Waals surface area (Å²) >= 11 is 0. The van der Waals surface area contributed by atoms with Gasteiger partial charge in [0.15, 0.2) is 0 Å². The second kappa shape index (κ2) is 6.43. The first-order valence-electron chi connectivity index (χ1n) is 7.36. The van der Waals surface area contributed by atoms with E-state index in [9.17, 15) is 4.79 Å². The average Bonchev–Trinajstić information content (AvgIpc) is 2.87. The fourth-order valence-electron chi connectivity index (χ4n) is 2.52. The summed E-state index contributed by atoms with van der Waals surface area (Å²) in [7, 11) is 0. The Balaban J connectivity index is 1.56. The Bertz CT molecular complexity index is 695. The zero-order valence-electron chi connectivity index (χ0n) is 12.5. The van der Waals surface area contributed by atoms with E-state index in [1.807, 2.05) is 48.5 Å². The molecule has 0 unspecified atom stereocenters. The van der Waals surface area contributed by atoms with Crippen LogP contribution in [0.1, 0.15) is 23.6 Å². The van der Waals surface area contributed by atoms with Crippen LogP contribution in [0.2, 0.25) is 0 Å². The van der Waals surface area contributed by atoms with Crippen molar-refractivity contribution in [2.45, 2.75) is 25.9 Å². The minimum atomic E-state index is -0.124. The van der Waals surface area contributed by atoms with Crippen molar-refractivity contribution in [2.24, 2.45) is 5.10 Å². The molecule has 0 aliphatic carbocycles. The normalized spacial score (nSPS) is 16.3. The van der Waals surface area contributed by atoms with Crippen LogP contribution in [-0.2, 0) is 17.6 Å². The standard InChI is InChI=1S/C18H18N2O2/c1-13-9-16-10-15(7-8-17(16)22-13)12-19-20-18(21)11-14-5-3-2-4-6-14/h2-8,10,12-13H,9,11H2,1H3,(H,20,21)/b19-12+/t13-/m0/s1. The molecule has 0 saturated heterocycles. The Labute approximate surface area is 129 Å². The number of benzene rings is 2. The first-order chi connectivity index (χ1) is 10.7. The van der Waals surface area contributed by atoms with E-state index in [2.05, 4.69) is 17.5 Å². The highest BCUT2D eigenvalue weighted by Gasteiger charge is 2.18. The molecule has 4 nitrogen and oxygen atoms in total. The number of hydrogen-bond donors (Lipinski definition) is 1. The summed E-state index contributed by atoms with van der Waals surface area (Å²) in [5.41, 5.74) is 5.67. The second-order valence-corrected chi connectivity index (χ2v) is 5.46. The molecule has 1 atom stereocenters. The molecule has 0 aromatic heterocycles. The number of nitrogens with one attached hydrogen (secondary N) is 1. The maximum atomic E-state index is 11.8. The van der Waals surface area contributed by atoms with Crippen molar-refractivity contribution in [2.75, 3.05) is 0 Å². The monoisotopic (exact) mass is 294 g/mol. The molecule has 1 aliphatic heterocycles. The number of carbonyl (C=O) groups excluding carboxylic acids is 1. The molecule has 0 bridgehead atoms. The second-order valence-electron chi connectivity index (χ2n) is 5.46. The van der Waals surface area contributed by atoms with Gasteiger partial charge >= 0.3 is 0 Å². The number of hydrazone groups is 1. The summed E-state index contributed by atoms with van der Waals surface area (Å²) < 4.78 is 5.66. The van der Waals surface area contributed by atoms with E-state index in [1.54, 1.807) is 6.21 Å². The van der Waals surface area contributed by atoms with Crippen molar-refractivity contribution in [3.05, 3.63) is 65.2 Å². The number of nitrogens with zero attached hydrogens (tertiary/aromatic N) is 1. The molecule has 2 aromatic rings. The van der Waals surface area contributed by atoms with Gasteiger partial charge in [0, 0.05) is 6.42 Å². The lowest BCUT2D eigenvalue weighted by atomic mass is 10.1. The third kappa shape index (κ3) is 3.52. The molecule has 0 spiro atoms. The van der Waals surface area contributed by atoms with Gasteiger partial charge in [0.1, 0.15) is 11.9 Å². The van der Waals surface area contributed by atoms with Gasteiger partial charge in [-0.05, 0) is 41.8 Å². The van der Waals surface area contributed by atoms with Crippen molar-refractivity contribution in [3.8, 4) is 5.75 Å². The number of amides is 1. The van der Waals surface area contributed by atoms with Gasteiger partial charge in [-0.25, -0.2) is 5.43 Å². The lowest BCUT2D eigenvalue weighted by Gasteiger charge is -2.02. The van der Waals surface area contributed by atoms with Gasteiger partial charge < -0.3 is 4.74 Å². The predicted octanol–water partition coefficient (Wildman–Crippen LogP) is 2.70. The number of hydrogen-bond acceptors (Lipinski definition) is 3. The molecule has 2 aromatic carbocycles. The summed E-state index contributed by atoms with van der Waals surface area (Å²) in [4.78, 5) is 11.8. The highest BCUT2D eigenvalue weighted by molar-refractivity contribution is 5.83. The van der Waals surface area contributed by atoms with Crippen LogP contribution >= 0.6 is 0 Å². The maximum Gasteiger partial charge on any atom is 0.244 e. The molecule has 3 rings (SSSR count). The molecule has 22 heavy (non-hydrogen) atoms. The van der Waals surface area contributed by atoms with Gasteiger partial charge in [-0.2, -0.15) is 5.10 Å². The Morgan fingerprint density at radius 3 is 2.95 bits per heavy atom. The van der Waals surface area contributed by atoms with Gasteiger partial charge in [-0.15, -0.1) is 0 Å². The van der Waals surface area contributed by atoms with E-state index in [0.717, 1.165) is 23.3 Å². The molecule has 1 amide bonds. The Morgan fingerprint density at radius 2 is 2.14 bits per heavy atom. The van der Waals surface area contributed by atoms with E-state index in [1.165, 1.54) is 5.56 Å². The minimum Gasteiger partial charge on any atom is -0.490 e. The Hall–Kier alpha value is -2.62. The maximum absolute atomic E-state index is 11.8. The molecule has 0 fully saturated rings. The predicted molar refractivity (Wildman–Crippen MR) is 86.1 cm³/mol. The van der Waals surface area contributed by atoms with Crippen molar-refractivity contribution < 1.29 is 9.53 Å². The molecule has 4 heteroatoms. The highest BCUT2D eigenvalue weighted by Crippen LogP contribution is 2.28. The fraction of sp³-hybridized carbons (Fsp3) is 0.222. The van der Waals surface area contributed by atoms with Gasteiger partial charge in [0.05, 0.1) is 12.6 Å². The SMILES string of the molecule is C[C@H]1Cc2cc(/C=N/NC(=O)Cc3ccccc3)ccc2O1. The molecule has 0 radical (unpaired) electrons. The summed E-state index contributed by atoms with van der Waals surface area (Å²) in [5.74, 6) is 0.818. The lowest BCUT2D eigenvalue weighted by molar-refractivity contribution is -0.120. The average molecular weight is 294 g/mol. The fourth-order valence-corrected chi connectivity index (χ4v) is 2.52. The van der Waals surface area contributed by atoms with E-state index in [4.69, 9.17) is 4.74 Å². The van der Waals surface area contributed by atoms with Crippen LogP contribution in [0.3, 0.4) is 0 Å². The van der Waals surface area contributed by atoms with E-state index in [0.29, 0.717) is 6.42 Å². The van der Waals surface area contributed by atoms with Crippen LogP contribution in [0.4, 0.5) is 0 Å². The largest absolute Gasteiger partial charge is 0.490 e. The van der Waals surface area contributed by atoms with Crippen LogP contribution in [-0.4, -0.2) is 18.2 Å². The molecule has 112 valence electrons. The number of carbonyl (C=O) groups is 1. The quantitative estimate of drug-likeness (QED) is 0.696. The summed E-state index contributed by atoms with van der Waals surface area (Å²) in [6.07, 6.45) is 3.13. The summed E-state index contributed by atoms with van der Waals surface area (Å²) in [5, 5.41) is 4.02. The van der Waals surface area contributed by atoms with Crippen molar-refractivity contribution >= 4 is 12.1 Å². The van der Waals surface area contributed by atoms with Crippen LogP contribution in [0.25, 0.3) is 0 Å². The third-order valence-electron chi connectivity index (χ3n) is 3.53. The minimum absolute atomic E-state index is 0.124. The number of ether oxygens (including phenoxy) is 1. The van der Waals surface area contributed by atoms with Crippen molar-refractivity contribution in [3.63, 3.8) is 0 Å². The van der Waals surface area contributed by atoms with Gasteiger partial charge in [-0.3, -0.25) is 4.79 Å². The Morgan fingerprint density at radius 1 is 1.32 bits per heavy atom. The summed E-state index contributed by atoms with van der Waals surface area (Å²) in [6.45, 7) is 2.05. The zero-order chi connectivity index (χ0) is 15.4. The van der Waals surface area contributed by atoms with Gasteiger partial charge in [0.2, 0.25) is 5.91 Å². The van der Waals surface area contributed by atoms with Crippen LogP contribution in [0, 0.1) is 0 Å². The molecule has 1 heterocycles. The summed E-state index contributed by atoms with van der Waals surface area (Å²) in [6, 6.07) is 15.5. The van der Waals surface area contributed by atoms with Crippen LogP contribution in [0.5, 0.6) is 5.75 Å². The van der Waals surface area contributed by atoms with Crippen molar-refractivity contribution in [1.29, 1.82) is 0 Å². The first kappa shape index (κ1) is 14.3. The molecule has 1 N–H and O–H groups in total. The zero-order valence-corrected chi connectivity index (χ0v) is 12.5. The van der Waals surface area contributed by atoms with Crippen LogP contribution in [0.15, 0.2) is 53.6 Å². The number of fused-ring (bicyclic) bond motifs is 1. The number of rotatable bonds is 4.